The summed E-state index contributed by atoms with van der Waals surface area (Å²) in [5, 5.41) is 0. The van der Waals surface area contributed by atoms with Gasteiger partial charge in [0.25, 0.3) is 0 Å². The summed E-state index contributed by atoms with van der Waals surface area (Å²) in [5.41, 5.74) is 10.4. The predicted octanol–water partition coefficient (Wildman–Crippen LogP) is 6.82. The van der Waals surface area contributed by atoms with Crippen LogP contribution in [0.1, 0.15) is 38.8 Å². The second kappa shape index (κ2) is 9.28. The molecule has 0 saturated heterocycles. The second-order valence-corrected chi connectivity index (χ2v) is 18.6. The fourth-order valence-corrected chi connectivity index (χ4v) is 9.45. The van der Waals surface area contributed by atoms with Crippen LogP contribution in [0.2, 0.25) is 11.1 Å². The molecule has 2 rings (SSSR count). The molecule has 0 spiro atoms. The molecule has 138 valence electrons. The lowest BCUT2D eigenvalue weighted by atomic mass is 10.2. The first-order valence-electron chi connectivity index (χ1n) is 9.25. The van der Waals surface area contributed by atoms with Crippen LogP contribution < -0.4 is 0 Å². The zero-order valence-corrected chi connectivity index (χ0v) is 19.6. The number of rotatable bonds is 6. The minimum absolute atomic E-state index is 0.371. The second-order valence-electron chi connectivity index (χ2n) is 7.61. The lowest BCUT2D eigenvalue weighted by Gasteiger charge is -2.26. The first-order valence-corrected chi connectivity index (χ1v) is 15.8. The highest BCUT2D eigenvalue weighted by molar-refractivity contribution is 7.28. The lowest BCUT2D eigenvalue weighted by Crippen LogP contribution is -2.37. The largest absolute Gasteiger partial charge is 0.239 e. The van der Waals surface area contributed by atoms with Crippen molar-refractivity contribution in [2.75, 3.05) is 0 Å². The maximum atomic E-state index is 7.15. The van der Waals surface area contributed by atoms with Gasteiger partial charge in [0.05, 0.1) is 0 Å². The summed E-state index contributed by atoms with van der Waals surface area (Å²) in [5.74, 6) is 0. The van der Waals surface area contributed by atoms with Gasteiger partial charge < -0.3 is 0 Å². The van der Waals surface area contributed by atoms with Gasteiger partial charge >= 0.3 is 0 Å². The minimum atomic E-state index is -2.28. The molecular formula is C22H28Cl2Si2. The molecule has 2 aromatic carbocycles. The Morgan fingerprint density at radius 2 is 0.962 bits per heavy atom. The van der Waals surface area contributed by atoms with Crippen LogP contribution in [0.3, 0.4) is 0 Å². The number of hydrogen-bond acceptors (Lipinski definition) is 0. The van der Waals surface area contributed by atoms with Crippen LogP contribution in [0.15, 0.2) is 60.7 Å². The Balaban J connectivity index is 2.31. The summed E-state index contributed by atoms with van der Waals surface area (Å²) in [6.45, 7) is 8.78. The summed E-state index contributed by atoms with van der Waals surface area (Å²) in [6, 6.07) is 22.7. The Morgan fingerprint density at radius 3 is 1.23 bits per heavy atom. The van der Waals surface area contributed by atoms with E-state index in [1.54, 1.807) is 0 Å². The van der Waals surface area contributed by atoms with Crippen LogP contribution in [0.4, 0.5) is 0 Å². The van der Waals surface area contributed by atoms with Crippen molar-refractivity contribution in [2.45, 2.75) is 50.9 Å². The van der Waals surface area contributed by atoms with Gasteiger partial charge in [0.15, 0.2) is 0 Å². The Kier molecular flexibility index (Phi) is 7.61. The van der Waals surface area contributed by atoms with E-state index in [4.69, 9.17) is 22.2 Å². The smallest absolute Gasteiger partial charge is 0.149 e. The normalized spacial score (nSPS) is 15.8. The van der Waals surface area contributed by atoms with Gasteiger partial charge in [0.1, 0.15) is 0 Å². The van der Waals surface area contributed by atoms with E-state index in [0.717, 1.165) is 12.1 Å². The summed E-state index contributed by atoms with van der Waals surface area (Å²) in [6.07, 6.45) is 0. The highest BCUT2D eigenvalue weighted by atomic mass is 35.6. The van der Waals surface area contributed by atoms with Gasteiger partial charge in [-0.05, 0) is 34.3 Å². The maximum Gasteiger partial charge on any atom is 0.239 e. The van der Waals surface area contributed by atoms with Crippen molar-refractivity contribution in [1.82, 2.24) is 0 Å². The summed E-state index contributed by atoms with van der Waals surface area (Å²) in [7, 11) is -4.56. The van der Waals surface area contributed by atoms with Crippen LogP contribution in [-0.4, -0.2) is 14.8 Å². The van der Waals surface area contributed by atoms with E-state index in [-0.39, 0.29) is 0 Å². The molecule has 0 fully saturated rings. The minimum Gasteiger partial charge on any atom is -0.149 e. The molecule has 2 unspecified atom stereocenters. The zero-order valence-electron chi connectivity index (χ0n) is 16.1. The molecular weight excluding hydrogens is 391 g/mol. The molecule has 4 heteroatoms. The summed E-state index contributed by atoms with van der Waals surface area (Å²) >= 11 is 14.3. The van der Waals surface area contributed by atoms with Gasteiger partial charge in [-0.25, -0.2) is 0 Å². The lowest BCUT2D eigenvalue weighted by molar-refractivity contribution is 1.02. The van der Waals surface area contributed by atoms with Crippen molar-refractivity contribution < 1.29 is 0 Å². The fraction of sp³-hybridized carbons (Fsp3) is 0.364. The molecule has 0 aromatic heterocycles. The van der Waals surface area contributed by atoms with Crippen molar-refractivity contribution >= 4 is 36.9 Å². The summed E-state index contributed by atoms with van der Waals surface area (Å²) < 4.78 is 0. The van der Waals surface area contributed by atoms with Gasteiger partial charge in [-0.2, -0.15) is 0 Å². The van der Waals surface area contributed by atoms with Gasteiger partial charge in [-0.3, -0.25) is 0 Å². The van der Waals surface area contributed by atoms with Crippen molar-refractivity contribution in [3.8, 4) is 11.1 Å². The molecule has 0 nitrogen and oxygen atoms in total. The fourth-order valence-electron chi connectivity index (χ4n) is 2.78. The van der Waals surface area contributed by atoms with E-state index in [9.17, 15) is 0 Å². The van der Waals surface area contributed by atoms with Gasteiger partial charge in [0.2, 0.25) is 14.8 Å². The Labute approximate surface area is 170 Å². The van der Waals surface area contributed by atoms with Crippen LogP contribution in [-0.2, 0) is 12.1 Å². The molecule has 0 heterocycles. The first kappa shape index (κ1) is 21.3. The standard InChI is InChI=1S/C22H28Cl2Si2/c1-19(2)25(23,17-21-11-7-5-8-12-21)15-16-26(24,20(3)4)18-22-13-9-6-10-14-22/h5-14,19-20H,17-18H2,1-4H3. The monoisotopic (exact) mass is 418 g/mol. The first-order chi connectivity index (χ1) is 12.3. The molecule has 0 aliphatic heterocycles. The SMILES string of the molecule is CC(C)[Si](Cl)(C#C[Si](Cl)(Cc1ccccc1)C(C)C)Cc1ccccc1. The van der Waals surface area contributed by atoms with E-state index in [2.05, 4.69) is 87.3 Å². The molecule has 0 aliphatic carbocycles. The van der Waals surface area contributed by atoms with Crippen LogP contribution in [0, 0.1) is 11.1 Å². The molecule has 26 heavy (non-hydrogen) atoms. The van der Waals surface area contributed by atoms with Gasteiger partial charge in [-0.15, -0.1) is 33.2 Å². The summed E-state index contributed by atoms with van der Waals surface area (Å²) in [4.78, 5) is 0. The Bertz CT molecular complexity index is 686. The highest BCUT2D eigenvalue weighted by Gasteiger charge is 2.37. The predicted molar refractivity (Wildman–Crippen MR) is 121 cm³/mol. The van der Waals surface area contributed by atoms with Crippen LogP contribution in [0.25, 0.3) is 0 Å². The highest BCUT2D eigenvalue weighted by Crippen LogP contribution is 2.32. The topological polar surface area (TPSA) is 0 Å². The Morgan fingerprint density at radius 1 is 0.654 bits per heavy atom. The average molecular weight is 420 g/mol. The van der Waals surface area contributed by atoms with Crippen LogP contribution in [0.5, 0.6) is 0 Å². The molecule has 0 bridgehead atoms. The third-order valence-corrected chi connectivity index (χ3v) is 15.7. The van der Waals surface area contributed by atoms with Crippen molar-refractivity contribution in [3.63, 3.8) is 0 Å². The number of halogens is 2. The molecule has 0 N–H and O–H groups in total. The molecule has 2 atom stereocenters. The van der Waals surface area contributed by atoms with Gasteiger partial charge in [-0.1, -0.05) is 88.4 Å². The molecule has 0 aliphatic rings. The van der Waals surface area contributed by atoms with E-state index >= 15 is 0 Å². The van der Waals surface area contributed by atoms with Gasteiger partial charge in [0, 0.05) is 0 Å². The number of benzene rings is 2. The van der Waals surface area contributed by atoms with E-state index in [1.807, 2.05) is 12.1 Å². The number of hydrogen-bond donors (Lipinski definition) is 0. The molecule has 0 saturated carbocycles. The molecule has 0 amide bonds. The van der Waals surface area contributed by atoms with E-state index < -0.39 is 14.8 Å². The van der Waals surface area contributed by atoms with E-state index in [0.29, 0.717) is 11.1 Å². The van der Waals surface area contributed by atoms with Crippen molar-refractivity contribution in [3.05, 3.63) is 71.8 Å². The third-order valence-electron chi connectivity index (χ3n) is 4.92. The van der Waals surface area contributed by atoms with Crippen molar-refractivity contribution in [1.29, 1.82) is 0 Å². The average Bonchev–Trinajstić information content (AvgIpc) is 2.61. The zero-order chi connectivity index (χ0) is 19.2. The molecule has 0 radical (unpaired) electrons. The van der Waals surface area contributed by atoms with Crippen LogP contribution >= 0.6 is 22.2 Å². The van der Waals surface area contributed by atoms with Crippen molar-refractivity contribution in [2.24, 2.45) is 0 Å². The Hall–Kier alpha value is -0.986. The van der Waals surface area contributed by atoms with E-state index in [1.165, 1.54) is 11.1 Å². The maximum absolute atomic E-state index is 7.15. The third kappa shape index (κ3) is 5.76. The quantitative estimate of drug-likeness (QED) is 0.274. The molecule has 2 aromatic rings.